The van der Waals surface area contributed by atoms with E-state index in [1.54, 1.807) is 12.3 Å². The van der Waals surface area contributed by atoms with E-state index in [9.17, 15) is 0 Å². The van der Waals surface area contributed by atoms with E-state index in [0.29, 0.717) is 35.3 Å². The molecule has 5 aromatic carbocycles. The molecule has 0 spiro atoms. The van der Waals surface area contributed by atoms with Gasteiger partial charge in [0.25, 0.3) is 0 Å². The Bertz CT molecular complexity index is 3430. The van der Waals surface area contributed by atoms with Crippen molar-refractivity contribution in [3.8, 4) is 17.6 Å². The van der Waals surface area contributed by atoms with Crippen molar-refractivity contribution in [1.29, 1.82) is 0 Å². The van der Waals surface area contributed by atoms with Crippen molar-refractivity contribution in [1.82, 2.24) is 29.7 Å². The highest BCUT2D eigenvalue weighted by Gasteiger charge is 2.32. The smallest absolute Gasteiger partial charge is 0.221 e. The van der Waals surface area contributed by atoms with Crippen molar-refractivity contribution in [3.63, 3.8) is 0 Å². The zero-order valence-electron chi connectivity index (χ0n) is 38.2. The molecule has 9 nitrogen and oxygen atoms in total. The van der Waals surface area contributed by atoms with E-state index in [2.05, 4.69) is 102 Å². The van der Waals surface area contributed by atoms with Gasteiger partial charge in [-0.1, -0.05) is 95.9 Å². The largest absolute Gasteiger partial charge is 0.439 e. The van der Waals surface area contributed by atoms with Crippen LogP contribution in [0.5, 0.6) is 11.6 Å². The molecule has 11 rings (SSSR count). The van der Waals surface area contributed by atoms with Crippen LogP contribution in [0.2, 0.25) is 0 Å². The zero-order valence-corrected chi connectivity index (χ0v) is 35.2. The Balaban J connectivity index is 0.989. The molecule has 0 bridgehead atoms. The molecule has 0 saturated heterocycles. The summed E-state index contributed by atoms with van der Waals surface area (Å²) in [4.78, 5) is 14.3. The Hall–Kier alpha value is -8.43. The molecule has 6 heterocycles. The predicted octanol–water partition coefficient (Wildman–Crippen LogP) is 11.5. The fourth-order valence-electron chi connectivity index (χ4n) is 8.73. The standard InChI is InChI=1S/C54H42B2N8O/c1-61-48-22-5-3-20-46(48)60-54(61)64-47-21-4-2-15-40(47)41-26-25-39(36-51(41)64)65-52-35-38(27-34-59-52)62-37-63(50-24-7-6-23-49(50)62)53-42(44-18-13-32-57-30-10-8-28-55-44)16-12-17-43(53)45-19-14-33-58-31-11-9-29-56-45/h2-36,57-58H,37H2,1H3/b28-8-,29-9-,30-10-,31-11-,32-13-,33-14-,44-18-,45-19-/i1D3. The lowest BCUT2D eigenvalue weighted by molar-refractivity contribution is 0.463. The summed E-state index contributed by atoms with van der Waals surface area (Å²) in [7, 11) is 4.30. The van der Waals surface area contributed by atoms with Crippen LogP contribution in [-0.4, -0.2) is 40.3 Å². The van der Waals surface area contributed by atoms with Crippen molar-refractivity contribution >= 4 is 81.1 Å². The number of fused-ring (bicyclic) bond motifs is 5. The van der Waals surface area contributed by atoms with Crippen LogP contribution in [0, 0.1) is 0 Å². The third-order valence-electron chi connectivity index (χ3n) is 11.6. The maximum absolute atomic E-state index is 8.57. The summed E-state index contributed by atoms with van der Waals surface area (Å²) in [6.45, 7) is -1.99. The number of hydrogen-bond acceptors (Lipinski definition) is 7. The molecule has 0 saturated carbocycles. The van der Waals surface area contributed by atoms with Gasteiger partial charge in [0.15, 0.2) is 14.6 Å². The van der Waals surface area contributed by atoms with Crippen LogP contribution in [0.1, 0.15) is 15.2 Å². The second-order valence-electron chi connectivity index (χ2n) is 15.5. The molecule has 0 unspecified atom stereocenters. The van der Waals surface area contributed by atoms with E-state index in [4.69, 9.17) is 18.8 Å². The third-order valence-corrected chi connectivity index (χ3v) is 11.6. The minimum Gasteiger partial charge on any atom is -0.439 e. The monoisotopic (exact) mass is 843 g/mol. The molecule has 3 aliphatic rings. The van der Waals surface area contributed by atoms with Gasteiger partial charge in [0.05, 0.1) is 39.1 Å². The lowest BCUT2D eigenvalue weighted by Gasteiger charge is -2.28. The number of pyridine rings is 1. The molecule has 3 aliphatic heterocycles. The quantitative estimate of drug-likeness (QED) is 0.155. The maximum Gasteiger partial charge on any atom is 0.221 e. The number of nitrogens with one attached hydrogen (secondary N) is 2. The van der Waals surface area contributed by atoms with Crippen molar-refractivity contribution in [3.05, 3.63) is 224 Å². The van der Waals surface area contributed by atoms with Gasteiger partial charge in [0, 0.05) is 70.7 Å². The van der Waals surface area contributed by atoms with E-state index in [1.165, 1.54) is 4.57 Å². The number of anilines is 4. The Kier molecular flexibility index (Phi) is 9.65. The first kappa shape index (κ1) is 36.1. The van der Waals surface area contributed by atoms with Crippen LogP contribution in [0.4, 0.5) is 22.7 Å². The van der Waals surface area contributed by atoms with Crippen molar-refractivity contribution in [2.75, 3.05) is 16.5 Å². The van der Waals surface area contributed by atoms with Gasteiger partial charge < -0.3 is 29.7 Å². The molecule has 8 aromatic rings. The number of nitrogens with zero attached hydrogens (tertiary/aromatic N) is 6. The Morgan fingerprint density at radius 1 is 0.615 bits per heavy atom. The zero-order chi connectivity index (χ0) is 46.0. The van der Waals surface area contributed by atoms with Crippen molar-refractivity contribution in [2.45, 2.75) is 0 Å². The number of rotatable bonds is 7. The summed E-state index contributed by atoms with van der Waals surface area (Å²) >= 11 is 0. The highest BCUT2D eigenvalue weighted by atomic mass is 16.5. The molecule has 3 aromatic heterocycles. The molecule has 2 N–H and O–H groups in total. The van der Waals surface area contributed by atoms with E-state index < -0.39 is 6.98 Å². The SMILES string of the molecule is [2H]C([2H])([2H])n1c(-n2c3ccccc3c3ccc(Oc4cc(N5CN(c6c(/C7=C/C=C\N/C=C\C=C/[B]7)cccc6/C6=C/C=C\N/C=C\C=C/[B]6)c6ccccc65)ccn4)cc32)nc2ccccc21. The van der Waals surface area contributed by atoms with E-state index in [0.717, 1.165) is 66.6 Å². The van der Waals surface area contributed by atoms with Gasteiger partial charge in [-0.2, -0.15) is 0 Å². The number of hydrogen-bond donors (Lipinski definition) is 2. The van der Waals surface area contributed by atoms with Gasteiger partial charge in [0.1, 0.15) is 12.4 Å². The Labute approximate surface area is 383 Å². The summed E-state index contributed by atoms with van der Waals surface area (Å²) in [6, 6.07) is 40.1. The number of aromatic nitrogens is 4. The highest BCUT2D eigenvalue weighted by Crippen LogP contribution is 2.48. The number of imidazole rings is 1. The number of ether oxygens (including phenoxy) is 1. The lowest BCUT2D eigenvalue weighted by atomic mass is 9.63. The lowest BCUT2D eigenvalue weighted by Crippen LogP contribution is -2.26. The van der Waals surface area contributed by atoms with Crippen molar-refractivity contribution < 1.29 is 8.85 Å². The first-order valence-electron chi connectivity index (χ1n) is 22.9. The van der Waals surface area contributed by atoms with Crippen LogP contribution in [0.25, 0.3) is 49.7 Å². The van der Waals surface area contributed by atoms with Gasteiger partial charge in [-0.3, -0.25) is 4.57 Å². The average Bonchev–Trinajstić information content (AvgIpc) is 4.04. The number of benzene rings is 5. The van der Waals surface area contributed by atoms with Gasteiger partial charge in [-0.25, -0.2) is 9.97 Å². The molecule has 0 atom stereocenters. The maximum atomic E-state index is 8.57. The highest BCUT2D eigenvalue weighted by molar-refractivity contribution is 6.67. The molecule has 0 aliphatic carbocycles. The topological polar surface area (TPSA) is 75.4 Å². The third kappa shape index (κ3) is 7.53. The van der Waals surface area contributed by atoms with Crippen LogP contribution in [0.3, 0.4) is 0 Å². The van der Waals surface area contributed by atoms with Gasteiger partial charge in [-0.15, -0.1) is 12.0 Å². The first-order valence-corrected chi connectivity index (χ1v) is 21.4. The minimum absolute atomic E-state index is 0.296. The van der Waals surface area contributed by atoms with E-state index in [1.807, 2.05) is 139 Å². The van der Waals surface area contributed by atoms with Gasteiger partial charge in [-0.05, 0) is 84.0 Å². The minimum atomic E-state index is -2.49. The number of allylic oxidation sites excluding steroid dienone is 8. The normalized spacial score (nSPS) is 20.2. The fourth-order valence-corrected chi connectivity index (χ4v) is 8.73. The van der Waals surface area contributed by atoms with Crippen molar-refractivity contribution in [2.24, 2.45) is 6.98 Å². The summed E-state index contributed by atoms with van der Waals surface area (Å²) in [5.41, 5.74) is 11.0. The molecule has 11 heteroatoms. The molecular weight excluding hydrogens is 798 g/mol. The Morgan fingerprint density at radius 2 is 1.28 bits per heavy atom. The Morgan fingerprint density at radius 3 is 2.03 bits per heavy atom. The molecule has 65 heavy (non-hydrogen) atoms. The van der Waals surface area contributed by atoms with Crippen LogP contribution < -0.4 is 25.2 Å². The number of para-hydroxylation sites is 6. The summed E-state index contributed by atoms with van der Waals surface area (Å²) in [5, 5.41) is 8.32. The number of aryl methyl sites for hydroxylation is 1. The summed E-state index contributed by atoms with van der Waals surface area (Å²) in [5.74, 6) is 5.36. The molecule has 2 radical (unpaired) electrons. The molecular formula is C54H42B2N8O. The summed E-state index contributed by atoms with van der Waals surface area (Å²) in [6.07, 6.45) is 25.7. The molecule has 0 fully saturated rings. The fraction of sp³-hybridized carbons (Fsp3) is 0.0370. The first-order chi connectivity index (χ1) is 33.4. The van der Waals surface area contributed by atoms with E-state index in [-0.39, 0.29) is 0 Å². The molecule has 310 valence electrons. The average molecular weight is 844 g/mol. The molecule has 0 amide bonds. The second-order valence-corrected chi connectivity index (χ2v) is 15.5. The van der Waals surface area contributed by atoms with Gasteiger partial charge in [0.2, 0.25) is 11.8 Å². The van der Waals surface area contributed by atoms with E-state index >= 15 is 0 Å². The van der Waals surface area contributed by atoms with Crippen LogP contribution in [-0.2, 0) is 6.98 Å². The van der Waals surface area contributed by atoms with Crippen LogP contribution in [0.15, 0.2) is 213 Å². The predicted molar refractivity (Wildman–Crippen MR) is 270 cm³/mol. The van der Waals surface area contributed by atoms with Crippen LogP contribution >= 0.6 is 0 Å². The van der Waals surface area contributed by atoms with Gasteiger partial charge >= 0.3 is 0 Å². The second kappa shape index (κ2) is 17.4. The summed E-state index contributed by atoms with van der Waals surface area (Å²) < 4.78 is 35.6.